The Morgan fingerprint density at radius 2 is 1.32 bits per heavy atom. The number of halogens is 6. The summed E-state index contributed by atoms with van der Waals surface area (Å²) in [5, 5.41) is 8.90. The summed E-state index contributed by atoms with van der Waals surface area (Å²) < 4.78 is 77.8. The van der Waals surface area contributed by atoms with Gasteiger partial charge in [0.15, 0.2) is 0 Å². The average molecular weight is 324 g/mol. The van der Waals surface area contributed by atoms with Crippen molar-refractivity contribution in [2.24, 2.45) is 0 Å². The first kappa shape index (κ1) is 16.2. The fourth-order valence-corrected chi connectivity index (χ4v) is 2.17. The SMILES string of the molecule is Nc1ccc2c(C(O)(C(F)(F)F)C(F)(F)F)ccc(N)c2c1. The maximum absolute atomic E-state index is 13.0. The molecule has 3 nitrogen and oxygen atoms in total. The molecule has 2 aromatic carbocycles. The predicted octanol–water partition coefficient (Wildman–Crippen LogP) is 3.32. The van der Waals surface area contributed by atoms with Gasteiger partial charge in [-0.15, -0.1) is 0 Å². The van der Waals surface area contributed by atoms with Crippen LogP contribution in [0.4, 0.5) is 37.7 Å². The van der Waals surface area contributed by atoms with Gasteiger partial charge in [-0.3, -0.25) is 0 Å². The molecule has 0 radical (unpaired) electrons. The van der Waals surface area contributed by atoms with Crippen molar-refractivity contribution in [3.05, 3.63) is 35.9 Å². The van der Waals surface area contributed by atoms with E-state index < -0.39 is 28.9 Å². The number of nitrogens with two attached hydrogens (primary N) is 2. The van der Waals surface area contributed by atoms with Crippen LogP contribution in [-0.4, -0.2) is 17.5 Å². The second-order valence-electron chi connectivity index (χ2n) is 4.71. The lowest BCUT2D eigenvalue weighted by molar-refractivity contribution is -0.375. The molecule has 0 atom stereocenters. The summed E-state index contributed by atoms with van der Waals surface area (Å²) in [5.41, 5.74) is 4.71. The Balaban J connectivity index is 2.91. The molecule has 0 heterocycles. The summed E-state index contributed by atoms with van der Waals surface area (Å²) in [6, 6.07) is 4.59. The quantitative estimate of drug-likeness (QED) is 0.557. The van der Waals surface area contributed by atoms with Gasteiger partial charge >= 0.3 is 12.4 Å². The van der Waals surface area contributed by atoms with Crippen molar-refractivity contribution >= 4 is 22.1 Å². The number of nitrogen functional groups attached to an aromatic ring is 2. The Labute approximate surface area is 120 Å². The van der Waals surface area contributed by atoms with Gasteiger partial charge in [0.2, 0.25) is 0 Å². The highest BCUT2D eigenvalue weighted by Crippen LogP contribution is 2.52. The molecule has 0 aromatic heterocycles. The number of hydrogen-bond donors (Lipinski definition) is 3. The van der Waals surface area contributed by atoms with Crippen LogP contribution < -0.4 is 11.5 Å². The summed E-state index contributed by atoms with van der Waals surface area (Å²) >= 11 is 0. The lowest BCUT2D eigenvalue weighted by atomic mass is 9.87. The zero-order chi connectivity index (χ0) is 16.9. The van der Waals surface area contributed by atoms with Crippen LogP contribution in [0, 0.1) is 0 Å². The van der Waals surface area contributed by atoms with Crippen LogP contribution >= 0.6 is 0 Å². The van der Waals surface area contributed by atoms with E-state index in [9.17, 15) is 31.4 Å². The standard InChI is InChI=1S/C13H10F6N2O/c14-12(15,16)11(22,13(17,18)19)9-3-4-10(21)8-5-6(20)1-2-7(8)9/h1-5,22H,20-21H2. The summed E-state index contributed by atoms with van der Waals surface area (Å²) in [6.07, 6.45) is -11.9. The van der Waals surface area contributed by atoms with E-state index in [2.05, 4.69) is 0 Å². The first-order valence-electron chi connectivity index (χ1n) is 5.83. The van der Waals surface area contributed by atoms with Gasteiger partial charge in [0.1, 0.15) is 0 Å². The van der Waals surface area contributed by atoms with Gasteiger partial charge < -0.3 is 16.6 Å². The zero-order valence-electron chi connectivity index (χ0n) is 10.8. The Hall–Kier alpha value is -2.16. The van der Waals surface area contributed by atoms with Gasteiger partial charge in [0.25, 0.3) is 5.60 Å². The van der Waals surface area contributed by atoms with E-state index in [0.29, 0.717) is 6.07 Å². The second kappa shape index (κ2) is 4.67. The third-order valence-electron chi connectivity index (χ3n) is 3.28. The minimum atomic E-state index is -5.96. The van der Waals surface area contributed by atoms with Gasteiger partial charge in [-0.2, -0.15) is 26.3 Å². The van der Waals surface area contributed by atoms with E-state index in [1.807, 2.05) is 0 Å². The summed E-state index contributed by atoms with van der Waals surface area (Å²) in [6.45, 7) is 0. The minimum absolute atomic E-state index is 0.0576. The molecule has 120 valence electrons. The Morgan fingerprint density at radius 1 is 0.773 bits per heavy atom. The van der Waals surface area contributed by atoms with Crippen molar-refractivity contribution < 1.29 is 31.4 Å². The molecule has 0 spiro atoms. The first-order chi connectivity index (χ1) is 9.89. The molecular weight excluding hydrogens is 314 g/mol. The summed E-state index contributed by atoms with van der Waals surface area (Å²) in [4.78, 5) is 0. The number of benzene rings is 2. The molecule has 0 fully saturated rings. The summed E-state index contributed by atoms with van der Waals surface area (Å²) in [7, 11) is 0. The predicted molar refractivity (Wildman–Crippen MR) is 68.8 cm³/mol. The Bertz CT molecular complexity index is 709. The topological polar surface area (TPSA) is 72.3 Å². The molecule has 9 heteroatoms. The van der Waals surface area contributed by atoms with Crippen molar-refractivity contribution in [2.45, 2.75) is 18.0 Å². The zero-order valence-corrected chi connectivity index (χ0v) is 10.8. The highest BCUT2D eigenvalue weighted by Gasteiger charge is 2.71. The number of rotatable bonds is 1. The lowest BCUT2D eigenvalue weighted by Crippen LogP contribution is -2.54. The van der Waals surface area contributed by atoms with Gasteiger partial charge in [0, 0.05) is 22.3 Å². The third kappa shape index (κ3) is 2.21. The Morgan fingerprint density at radius 3 is 1.82 bits per heavy atom. The maximum Gasteiger partial charge on any atom is 0.430 e. The number of alkyl halides is 6. The molecule has 2 rings (SSSR count). The van der Waals surface area contributed by atoms with Gasteiger partial charge in [-0.1, -0.05) is 12.1 Å². The maximum atomic E-state index is 13.0. The molecular formula is C13H10F6N2O. The minimum Gasteiger partial charge on any atom is -0.399 e. The smallest absolute Gasteiger partial charge is 0.399 e. The monoisotopic (exact) mass is 324 g/mol. The van der Waals surface area contributed by atoms with Gasteiger partial charge in [-0.05, 0) is 23.6 Å². The van der Waals surface area contributed by atoms with E-state index in [1.165, 1.54) is 0 Å². The highest BCUT2D eigenvalue weighted by atomic mass is 19.4. The van der Waals surface area contributed by atoms with Crippen LogP contribution in [0.1, 0.15) is 5.56 Å². The molecule has 2 aromatic rings. The van der Waals surface area contributed by atoms with E-state index in [1.54, 1.807) is 0 Å². The molecule has 0 unspecified atom stereocenters. The number of aliphatic hydroxyl groups is 1. The number of anilines is 2. The lowest BCUT2D eigenvalue weighted by Gasteiger charge is -2.33. The number of hydrogen-bond acceptors (Lipinski definition) is 3. The average Bonchev–Trinajstić information content (AvgIpc) is 2.36. The van der Waals surface area contributed by atoms with Crippen molar-refractivity contribution in [1.82, 2.24) is 0 Å². The largest absolute Gasteiger partial charge is 0.430 e. The van der Waals surface area contributed by atoms with Crippen molar-refractivity contribution in [1.29, 1.82) is 0 Å². The fraction of sp³-hybridized carbons (Fsp3) is 0.231. The van der Waals surface area contributed by atoms with E-state index in [0.717, 1.165) is 24.3 Å². The van der Waals surface area contributed by atoms with Crippen molar-refractivity contribution in [2.75, 3.05) is 11.5 Å². The van der Waals surface area contributed by atoms with Crippen LogP contribution in [0.3, 0.4) is 0 Å². The molecule has 0 aliphatic carbocycles. The normalized spacial score (nSPS) is 13.6. The third-order valence-corrected chi connectivity index (χ3v) is 3.28. The molecule has 5 N–H and O–H groups in total. The van der Waals surface area contributed by atoms with Crippen molar-refractivity contribution in [3.8, 4) is 0 Å². The highest BCUT2D eigenvalue weighted by molar-refractivity contribution is 5.97. The molecule has 0 aliphatic rings. The van der Waals surface area contributed by atoms with E-state index in [4.69, 9.17) is 11.5 Å². The van der Waals surface area contributed by atoms with Crippen LogP contribution in [0.15, 0.2) is 30.3 Å². The van der Waals surface area contributed by atoms with Gasteiger partial charge in [0.05, 0.1) is 0 Å². The summed E-state index contributed by atoms with van der Waals surface area (Å²) in [5.74, 6) is 0. The molecule has 0 saturated carbocycles. The van der Waals surface area contributed by atoms with Gasteiger partial charge in [-0.25, -0.2) is 0 Å². The van der Waals surface area contributed by atoms with Crippen LogP contribution in [-0.2, 0) is 5.60 Å². The van der Waals surface area contributed by atoms with Crippen LogP contribution in [0.5, 0.6) is 0 Å². The van der Waals surface area contributed by atoms with E-state index >= 15 is 0 Å². The Kier molecular flexibility index (Phi) is 3.44. The molecule has 0 amide bonds. The fourth-order valence-electron chi connectivity index (χ4n) is 2.17. The molecule has 22 heavy (non-hydrogen) atoms. The van der Waals surface area contributed by atoms with Crippen LogP contribution in [0.25, 0.3) is 10.8 Å². The second-order valence-corrected chi connectivity index (χ2v) is 4.71. The molecule has 0 aliphatic heterocycles. The van der Waals surface area contributed by atoms with E-state index in [-0.39, 0.29) is 16.8 Å². The van der Waals surface area contributed by atoms with Crippen LogP contribution in [0.2, 0.25) is 0 Å². The van der Waals surface area contributed by atoms with Crippen molar-refractivity contribution in [3.63, 3.8) is 0 Å². The first-order valence-corrected chi connectivity index (χ1v) is 5.83. The molecule has 0 saturated heterocycles. The number of fused-ring (bicyclic) bond motifs is 1. The molecule has 0 bridgehead atoms.